The molecule has 1 aromatic carbocycles. The Hall–Kier alpha value is -2.77. The molecule has 0 saturated carbocycles. The second-order valence-corrected chi connectivity index (χ2v) is 12.4. The number of alkyl halides is 4. The number of hydrogen-bond donors (Lipinski definition) is 1. The van der Waals surface area contributed by atoms with Crippen LogP contribution in [0.4, 0.5) is 33.5 Å². The van der Waals surface area contributed by atoms with Crippen LogP contribution in [-0.4, -0.2) is 71.6 Å². The molecule has 8 nitrogen and oxygen atoms in total. The Morgan fingerprint density at radius 2 is 1.93 bits per heavy atom. The first-order valence-electron chi connectivity index (χ1n) is 14.6. The van der Waals surface area contributed by atoms with Crippen LogP contribution in [-0.2, 0) is 28.7 Å². The van der Waals surface area contributed by atoms with Gasteiger partial charge in [-0.15, -0.1) is 0 Å². The third-order valence-electron chi connectivity index (χ3n) is 9.56. The first kappa shape index (κ1) is 28.0. The maximum atomic E-state index is 15.3. The van der Waals surface area contributed by atoms with Crippen molar-refractivity contribution in [2.75, 3.05) is 43.4 Å². The van der Waals surface area contributed by atoms with Crippen molar-refractivity contribution >= 4 is 11.5 Å². The van der Waals surface area contributed by atoms with Gasteiger partial charge in [-0.25, -0.2) is 8.78 Å². The highest BCUT2D eigenvalue weighted by Gasteiger charge is 2.49. The average molecular weight is 596 g/mol. The summed E-state index contributed by atoms with van der Waals surface area (Å²) < 4.78 is 90.2. The lowest BCUT2D eigenvalue weighted by Gasteiger charge is -2.36. The third-order valence-corrected chi connectivity index (χ3v) is 9.56. The van der Waals surface area contributed by atoms with E-state index >= 15 is 4.39 Å². The van der Waals surface area contributed by atoms with Crippen molar-refractivity contribution in [1.29, 1.82) is 0 Å². The summed E-state index contributed by atoms with van der Waals surface area (Å²) in [5.74, 6) is -0.552. The molecule has 2 bridgehead atoms. The number of aryl methyl sites for hydroxylation is 1. The quantitative estimate of drug-likeness (QED) is 0.395. The lowest BCUT2D eigenvalue weighted by atomic mass is 9.91. The Bertz CT molecular complexity index is 1380. The standard InChI is InChI=1S/C29H34F5N5O3/c1-15-7-20(35)25(31)23(24(15)29(32,33)34)22-8-21-19(13-40-22)26(38-11-17-3-4-18(12-38)42-17)37-27(36-21)41-14-28-5-2-6-39(28)10-16(30)9-28/h7,16-18,22H,2-6,8-14,35H2,1H3/t16-,17?,18?,22+,28+/m1/s1. The summed E-state index contributed by atoms with van der Waals surface area (Å²) >= 11 is 0. The normalized spacial score (nSPS) is 31.0. The molecule has 0 spiro atoms. The van der Waals surface area contributed by atoms with E-state index in [4.69, 9.17) is 24.9 Å². The summed E-state index contributed by atoms with van der Waals surface area (Å²) in [4.78, 5) is 13.6. The molecule has 5 aliphatic heterocycles. The molecule has 0 radical (unpaired) electrons. The molecule has 2 unspecified atom stereocenters. The van der Waals surface area contributed by atoms with Gasteiger partial charge in [0.15, 0.2) is 5.82 Å². The highest BCUT2D eigenvalue weighted by Crippen LogP contribution is 2.45. The molecule has 5 atom stereocenters. The molecule has 0 amide bonds. The van der Waals surface area contributed by atoms with Crippen LogP contribution in [0.1, 0.15) is 66.2 Å². The second kappa shape index (κ2) is 10.2. The number of anilines is 2. The van der Waals surface area contributed by atoms with Gasteiger partial charge in [0, 0.05) is 43.6 Å². The van der Waals surface area contributed by atoms with Crippen LogP contribution in [0.25, 0.3) is 0 Å². The average Bonchev–Trinajstić information content (AvgIpc) is 3.58. The van der Waals surface area contributed by atoms with Crippen molar-refractivity contribution in [2.45, 2.75) is 88.3 Å². The molecule has 2 aromatic rings. The van der Waals surface area contributed by atoms with E-state index in [1.807, 2.05) is 0 Å². The van der Waals surface area contributed by atoms with Gasteiger partial charge >= 0.3 is 12.2 Å². The van der Waals surface area contributed by atoms with E-state index in [0.29, 0.717) is 43.1 Å². The van der Waals surface area contributed by atoms with E-state index < -0.39 is 40.9 Å². The lowest BCUT2D eigenvalue weighted by Crippen LogP contribution is -2.44. The van der Waals surface area contributed by atoms with E-state index in [1.165, 1.54) is 6.92 Å². The predicted octanol–water partition coefficient (Wildman–Crippen LogP) is 4.66. The fraction of sp³-hybridized carbons (Fsp3) is 0.655. The van der Waals surface area contributed by atoms with Gasteiger partial charge in [0.25, 0.3) is 0 Å². The van der Waals surface area contributed by atoms with E-state index in [-0.39, 0.29) is 49.1 Å². The van der Waals surface area contributed by atoms with Gasteiger partial charge in [-0.2, -0.15) is 23.1 Å². The number of morpholine rings is 1. The molecule has 2 N–H and O–H groups in total. The van der Waals surface area contributed by atoms with Crippen LogP contribution in [0.2, 0.25) is 0 Å². The maximum Gasteiger partial charge on any atom is 0.417 e. The van der Waals surface area contributed by atoms with E-state index in [1.54, 1.807) is 0 Å². The maximum absolute atomic E-state index is 15.3. The lowest BCUT2D eigenvalue weighted by molar-refractivity contribution is -0.140. The van der Waals surface area contributed by atoms with Crippen molar-refractivity contribution in [3.05, 3.63) is 39.8 Å². The number of hydrogen-bond acceptors (Lipinski definition) is 8. The Labute approximate surface area is 240 Å². The summed E-state index contributed by atoms with van der Waals surface area (Å²) in [6.07, 6.45) is -2.99. The Kier molecular flexibility index (Phi) is 6.78. The number of rotatable bonds is 5. The van der Waals surface area contributed by atoms with E-state index in [2.05, 4.69) is 14.8 Å². The van der Waals surface area contributed by atoms with Crippen molar-refractivity contribution < 1.29 is 36.2 Å². The summed E-state index contributed by atoms with van der Waals surface area (Å²) in [5, 5.41) is 0. The summed E-state index contributed by atoms with van der Waals surface area (Å²) in [5.41, 5.74) is 4.18. The minimum atomic E-state index is -4.81. The molecule has 228 valence electrons. The first-order chi connectivity index (χ1) is 20.0. The van der Waals surface area contributed by atoms with Crippen LogP contribution in [0.3, 0.4) is 0 Å². The Morgan fingerprint density at radius 1 is 1.17 bits per heavy atom. The largest absolute Gasteiger partial charge is 0.461 e. The predicted molar refractivity (Wildman–Crippen MR) is 142 cm³/mol. The zero-order chi connectivity index (χ0) is 29.4. The molecule has 4 fully saturated rings. The molecular formula is C29H34F5N5O3. The van der Waals surface area contributed by atoms with Crippen molar-refractivity contribution in [1.82, 2.24) is 14.9 Å². The van der Waals surface area contributed by atoms with Gasteiger partial charge in [-0.05, 0) is 50.8 Å². The van der Waals surface area contributed by atoms with Gasteiger partial charge in [-0.1, -0.05) is 0 Å². The summed E-state index contributed by atoms with van der Waals surface area (Å²) in [6.45, 7) is 3.75. The van der Waals surface area contributed by atoms with Gasteiger partial charge in [0.2, 0.25) is 0 Å². The third kappa shape index (κ3) is 4.77. The number of halogens is 5. The van der Waals surface area contributed by atoms with Crippen molar-refractivity contribution in [3.63, 3.8) is 0 Å². The highest BCUT2D eigenvalue weighted by atomic mass is 19.4. The van der Waals surface area contributed by atoms with Crippen LogP contribution in [0.5, 0.6) is 6.01 Å². The minimum Gasteiger partial charge on any atom is -0.461 e. The monoisotopic (exact) mass is 595 g/mol. The fourth-order valence-corrected chi connectivity index (χ4v) is 7.70. The first-order valence-corrected chi connectivity index (χ1v) is 14.6. The van der Waals surface area contributed by atoms with E-state index in [0.717, 1.165) is 38.3 Å². The van der Waals surface area contributed by atoms with Gasteiger partial charge in [0.05, 0.1) is 47.4 Å². The Balaban J connectivity index is 1.25. The molecule has 42 heavy (non-hydrogen) atoms. The molecule has 7 rings (SSSR count). The zero-order valence-electron chi connectivity index (χ0n) is 23.4. The van der Waals surface area contributed by atoms with Gasteiger partial charge < -0.3 is 24.8 Å². The molecule has 5 aliphatic rings. The summed E-state index contributed by atoms with van der Waals surface area (Å²) in [7, 11) is 0. The zero-order valence-corrected chi connectivity index (χ0v) is 23.4. The van der Waals surface area contributed by atoms with Gasteiger partial charge in [0.1, 0.15) is 18.6 Å². The molecule has 6 heterocycles. The van der Waals surface area contributed by atoms with Crippen molar-refractivity contribution in [3.8, 4) is 6.01 Å². The SMILES string of the molecule is Cc1cc(N)c(F)c([C@@H]2Cc3nc(OC[C@@]45CCCN4C[C@H](F)C5)nc(N4CC5CCC(C4)O5)c3CO2)c1C(F)(F)F. The second-order valence-electron chi connectivity index (χ2n) is 12.4. The fourth-order valence-electron chi connectivity index (χ4n) is 7.70. The topological polar surface area (TPSA) is 86.0 Å². The van der Waals surface area contributed by atoms with Crippen LogP contribution < -0.4 is 15.4 Å². The van der Waals surface area contributed by atoms with Crippen LogP contribution in [0.15, 0.2) is 6.07 Å². The number of benzene rings is 1. The minimum absolute atomic E-state index is 0.0561. The van der Waals surface area contributed by atoms with Crippen molar-refractivity contribution in [2.24, 2.45) is 0 Å². The van der Waals surface area contributed by atoms with Crippen LogP contribution >= 0.6 is 0 Å². The number of nitrogens with two attached hydrogens (primary N) is 1. The molecule has 4 saturated heterocycles. The van der Waals surface area contributed by atoms with E-state index in [9.17, 15) is 17.6 Å². The number of aromatic nitrogens is 2. The highest BCUT2D eigenvalue weighted by molar-refractivity contribution is 5.55. The van der Waals surface area contributed by atoms with Crippen LogP contribution in [0, 0.1) is 12.7 Å². The van der Waals surface area contributed by atoms with Gasteiger partial charge in [-0.3, -0.25) is 4.90 Å². The molecule has 13 heteroatoms. The molecule has 0 aliphatic carbocycles. The number of nitrogens with zero attached hydrogens (tertiary/aromatic N) is 4. The molecular weight excluding hydrogens is 561 g/mol. The summed E-state index contributed by atoms with van der Waals surface area (Å²) in [6, 6.07) is 1.07. The molecule has 1 aromatic heterocycles. The number of fused-ring (bicyclic) bond motifs is 4. The number of ether oxygens (including phenoxy) is 3. The number of nitrogen functional groups attached to an aromatic ring is 1. The Morgan fingerprint density at radius 3 is 2.67 bits per heavy atom. The smallest absolute Gasteiger partial charge is 0.417 e.